The van der Waals surface area contributed by atoms with E-state index in [1.807, 2.05) is 36.4 Å². The van der Waals surface area contributed by atoms with Crippen LogP contribution in [0.15, 0.2) is 66.7 Å². The van der Waals surface area contributed by atoms with Crippen LogP contribution in [-0.2, 0) is 6.54 Å². The molecule has 4 nitrogen and oxygen atoms in total. The van der Waals surface area contributed by atoms with Crippen LogP contribution in [0.5, 0.6) is 0 Å². The molecule has 3 aromatic rings. The van der Waals surface area contributed by atoms with E-state index in [4.69, 9.17) is 23.2 Å². The summed E-state index contributed by atoms with van der Waals surface area (Å²) in [5, 5.41) is 14.8. The number of rotatable bonds is 12. The van der Waals surface area contributed by atoms with E-state index in [1.54, 1.807) is 6.07 Å². The van der Waals surface area contributed by atoms with Crippen molar-refractivity contribution in [1.82, 2.24) is 15.1 Å². The highest BCUT2D eigenvalue weighted by Gasteiger charge is 2.20. The van der Waals surface area contributed by atoms with Gasteiger partial charge in [0.25, 0.3) is 0 Å². The smallest absolute Gasteiger partial charge is 0.123 e. The van der Waals surface area contributed by atoms with Crippen molar-refractivity contribution in [3.05, 3.63) is 105 Å². The molecule has 1 heterocycles. The van der Waals surface area contributed by atoms with Gasteiger partial charge in [0.1, 0.15) is 11.6 Å². The minimum Gasteiger partial charge on any atom is -0.390 e. The Balaban J connectivity index is 1.17. The van der Waals surface area contributed by atoms with Crippen molar-refractivity contribution in [2.45, 2.75) is 31.4 Å². The van der Waals surface area contributed by atoms with Gasteiger partial charge >= 0.3 is 0 Å². The van der Waals surface area contributed by atoms with E-state index in [-0.39, 0.29) is 17.6 Å². The van der Waals surface area contributed by atoms with E-state index in [2.05, 4.69) is 15.1 Å². The SMILES string of the molecule is OC(CNCc1ccc(Cl)c(Cl)c1)CN1CCN(CCCC(c2ccc(F)cc2)c2ccc(F)cc2)CC1. The monoisotopic (exact) mass is 561 g/mol. The van der Waals surface area contributed by atoms with Gasteiger partial charge in [-0.1, -0.05) is 53.5 Å². The van der Waals surface area contributed by atoms with E-state index >= 15 is 0 Å². The van der Waals surface area contributed by atoms with Gasteiger partial charge in [0.05, 0.1) is 16.1 Å². The number of aliphatic hydroxyl groups is 1. The summed E-state index contributed by atoms with van der Waals surface area (Å²) in [6.45, 7) is 6.50. The Kier molecular flexibility index (Phi) is 10.9. The third kappa shape index (κ3) is 8.73. The summed E-state index contributed by atoms with van der Waals surface area (Å²) in [7, 11) is 0. The van der Waals surface area contributed by atoms with Crippen LogP contribution in [0.4, 0.5) is 8.78 Å². The van der Waals surface area contributed by atoms with Crippen molar-refractivity contribution in [2.75, 3.05) is 45.8 Å². The third-order valence-electron chi connectivity index (χ3n) is 7.14. The summed E-state index contributed by atoms with van der Waals surface area (Å²) in [5.41, 5.74) is 3.12. The molecule has 1 atom stereocenters. The highest BCUT2D eigenvalue weighted by Crippen LogP contribution is 2.30. The van der Waals surface area contributed by atoms with Crippen molar-refractivity contribution in [2.24, 2.45) is 0 Å². The molecule has 8 heteroatoms. The topological polar surface area (TPSA) is 38.7 Å². The summed E-state index contributed by atoms with van der Waals surface area (Å²) in [6, 6.07) is 18.8. The van der Waals surface area contributed by atoms with Gasteiger partial charge in [-0.05, 0) is 72.5 Å². The first-order valence-corrected chi connectivity index (χ1v) is 13.9. The zero-order valence-corrected chi connectivity index (χ0v) is 22.9. The Hall–Kier alpha value is -2.06. The number of β-amino-alcohol motifs (C(OH)–C–C–N with tert-alkyl or cyclic N) is 1. The lowest BCUT2D eigenvalue weighted by molar-refractivity contribution is 0.0717. The van der Waals surface area contributed by atoms with Crippen molar-refractivity contribution < 1.29 is 13.9 Å². The molecule has 38 heavy (non-hydrogen) atoms. The minimum atomic E-state index is -0.448. The molecule has 204 valence electrons. The molecule has 2 N–H and O–H groups in total. The van der Waals surface area contributed by atoms with Gasteiger partial charge < -0.3 is 15.3 Å². The molecule has 1 saturated heterocycles. The first-order valence-electron chi connectivity index (χ1n) is 13.2. The summed E-state index contributed by atoms with van der Waals surface area (Å²) in [6.07, 6.45) is 1.44. The fourth-order valence-electron chi connectivity index (χ4n) is 5.03. The van der Waals surface area contributed by atoms with Crippen molar-refractivity contribution in [3.63, 3.8) is 0 Å². The van der Waals surface area contributed by atoms with Gasteiger partial charge in [0.2, 0.25) is 0 Å². The predicted octanol–water partition coefficient (Wildman–Crippen LogP) is 5.95. The predicted molar refractivity (Wildman–Crippen MR) is 151 cm³/mol. The lowest BCUT2D eigenvalue weighted by atomic mass is 9.87. The van der Waals surface area contributed by atoms with Crippen LogP contribution >= 0.6 is 23.2 Å². The second-order valence-corrected chi connectivity index (χ2v) is 10.8. The van der Waals surface area contributed by atoms with Crippen LogP contribution in [0.1, 0.15) is 35.4 Å². The Bertz CT molecular complexity index is 1090. The number of benzene rings is 3. The van der Waals surface area contributed by atoms with Crippen molar-refractivity contribution in [1.29, 1.82) is 0 Å². The molecule has 1 fully saturated rings. The van der Waals surface area contributed by atoms with Gasteiger partial charge in [-0.25, -0.2) is 8.78 Å². The number of hydrogen-bond donors (Lipinski definition) is 2. The molecule has 4 rings (SSSR count). The molecule has 1 aliphatic heterocycles. The molecule has 1 unspecified atom stereocenters. The molecule has 0 amide bonds. The van der Waals surface area contributed by atoms with Crippen LogP contribution in [0.3, 0.4) is 0 Å². The van der Waals surface area contributed by atoms with Crippen molar-refractivity contribution in [3.8, 4) is 0 Å². The summed E-state index contributed by atoms with van der Waals surface area (Å²) >= 11 is 12.0. The van der Waals surface area contributed by atoms with Crippen LogP contribution in [-0.4, -0.2) is 66.8 Å². The minimum absolute atomic E-state index is 0.101. The first kappa shape index (κ1) is 28.9. The molecule has 0 bridgehead atoms. The molecule has 0 radical (unpaired) electrons. The van der Waals surface area contributed by atoms with E-state index in [9.17, 15) is 13.9 Å². The second-order valence-electron chi connectivity index (χ2n) is 9.97. The maximum Gasteiger partial charge on any atom is 0.123 e. The highest BCUT2D eigenvalue weighted by molar-refractivity contribution is 6.42. The Morgan fingerprint density at radius 1 is 0.789 bits per heavy atom. The second kappa shape index (κ2) is 14.4. The average molecular weight is 563 g/mol. The van der Waals surface area contributed by atoms with Crippen LogP contribution in [0.2, 0.25) is 10.0 Å². The summed E-state index contributed by atoms with van der Waals surface area (Å²) in [5.74, 6) is -0.405. The summed E-state index contributed by atoms with van der Waals surface area (Å²) < 4.78 is 27.0. The van der Waals surface area contributed by atoms with Gasteiger partial charge in [-0.2, -0.15) is 0 Å². The maximum atomic E-state index is 13.5. The number of halogens is 4. The van der Waals surface area contributed by atoms with Crippen molar-refractivity contribution >= 4 is 23.2 Å². The van der Waals surface area contributed by atoms with E-state index in [0.29, 0.717) is 29.7 Å². The normalized spacial score (nSPS) is 15.7. The van der Waals surface area contributed by atoms with Crippen LogP contribution in [0.25, 0.3) is 0 Å². The van der Waals surface area contributed by atoms with Gasteiger partial charge in [0, 0.05) is 51.7 Å². The number of nitrogens with one attached hydrogen (secondary N) is 1. The third-order valence-corrected chi connectivity index (χ3v) is 7.88. The average Bonchev–Trinajstić information content (AvgIpc) is 2.91. The fourth-order valence-corrected chi connectivity index (χ4v) is 5.35. The molecule has 0 spiro atoms. The quantitative estimate of drug-likeness (QED) is 0.286. The first-order chi connectivity index (χ1) is 18.4. The Morgan fingerprint density at radius 3 is 1.95 bits per heavy atom. The Labute approximate surface area is 234 Å². The van der Waals surface area contributed by atoms with E-state index in [0.717, 1.165) is 62.3 Å². The molecule has 0 saturated carbocycles. The highest BCUT2D eigenvalue weighted by atomic mass is 35.5. The number of hydrogen-bond acceptors (Lipinski definition) is 4. The summed E-state index contributed by atoms with van der Waals surface area (Å²) in [4.78, 5) is 4.76. The zero-order valence-electron chi connectivity index (χ0n) is 21.4. The van der Waals surface area contributed by atoms with E-state index < -0.39 is 6.10 Å². The molecule has 3 aromatic carbocycles. The van der Waals surface area contributed by atoms with Crippen LogP contribution < -0.4 is 5.32 Å². The standard InChI is InChI=1S/C30H35Cl2F2N3O/c31-29-12-3-22(18-30(29)32)19-35-20-27(38)21-37-16-14-36(15-17-37)13-1-2-28(23-4-8-25(33)9-5-23)24-6-10-26(34)11-7-24/h3-12,18,27-28,35,38H,1-2,13-17,19-21H2. The number of aliphatic hydroxyl groups excluding tert-OH is 1. The fraction of sp³-hybridized carbons (Fsp3) is 0.400. The molecule has 0 aromatic heterocycles. The Morgan fingerprint density at radius 2 is 1.37 bits per heavy atom. The van der Waals surface area contributed by atoms with E-state index in [1.165, 1.54) is 24.3 Å². The lowest BCUT2D eigenvalue weighted by Crippen LogP contribution is -2.49. The molecule has 1 aliphatic rings. The number of piperazine rings is 1. The van der Waals surface area contributed by atoms with Gasteiger partial charge in [-0.15, -0.1) is 0 Å². The van der Waals surface area contributed by atoms with Gasteiger partial charge in [-0.3, -0.25) is 4.90 Å². The maximum absolute atomic E-state index is 13.5. The zero-order chi connectivity index (χ0) is 26.9. The lowest BCUT2D eigenvalue weighted by Gasteiger charge is -2.36. The molecular formula is C30H35Cl2F2N3O. The largest absolute Gasteiger partial charge is 0.390 e. The number of nitrogens with zero attached hydrogens (tertiary/aromatic N) is 2. The van der Waals surface area contributed by atoms with Gasteiger partial charge in [0.15, 0.2) is 0 Å². The van der Waals surface area contributed by atoms with Crippen LogP contribution in [0, 0.1) is 11.6 Å². The molecular weight excluding hydrogens is 527 g/mol. The molecule has 0 aliphatic carbocycles.